The number of benzene rings is 1. The summed E-state index contributed by atoms with van der Waals surface area (Å²) in [4.78, 5) is 11.9. The molecule has 1 heterocycles. The van der Waals surface area contributed by atoms with Gasteiger partial charge in [0.1, 0.15) is 6.04 Å². The number of nitrogens with zero attached hydrogens (tertiary/aromatic N) is 1. The van der Waals surface area contributed by atoms with Crippen LogP contribution < -0.4 is 0 Å². The quantitative estimate of drug-likeness (QED) is 0.796. The molecule has 110 valence electrons. The van der Waals surface area contributed by atoms with E-state index in [4.69, 9.17) is 4.74 Å². The molecule has 0 aromatic heterocycles. The summed E-state index contributed by atoms with van der Waals surface area (Å²) < 4.78 is 31.3. The van der Waals surface area contributed by atoms with Gasteiger partial charge in [-0.05, 0) is 49.9 Å². The monoisotopic (exact) mass is 297 g/mol. The number of ether oxygens (including phenoxy) is 1. The third-order valence-corrected chi connectivity index (χ3v) is 5.36. The highest BCUT2D eigenvalue weighted by Gasteiger charge is 2.40. The molecule has 1 aromatic carbocycles. The van der Waals surface area contributed by atoms with Gasteiger partial charge >= 0.3 is 5.97 Å². The lowest BCUT2D eigenvalue weighted by atomic mass is 10.2. The fourth-order valence-corrected chi connectivity index (χ4v) is 4.45. The Kier molecular flexibility index (Phi) is 4.15. The molecule has 1 aliphatic heterocycles. The summed E-state index contributed by atoms with van der Waals surface area (Å²) in [5.74, 6) is -0.490. The Labute approximate surface area is 119 Å². The van der Waals surface area contributed by atoms with Crippen LogP contribution >= 0.6 is 0 Å². The summed E-state index contributed by atoms with van der Waals surface area (Å²) in [5, 5.41) is 0. The van der Waals surface area contributed by atoms with E-state index in [9.17, 15) is 13.2 Å². The van der Waals surface area contributed by atoms with Crippen LogP contribution in [0.4, 0.5) is 0 Å². The molecule has 2 rings (SSSR count). The molecule has 0 N–H and O–H groups in total. The van der Waals surface area contributed by atoms with Gasteiger partial charge in [-0.2, -0.15) is 4.31 Å². The highest BCUT2D eigenvalue weighted by Crippen LogP contribution is 2.27. The van der Waals surface area contributed by atoms with Crippen LogP contribution in [0.15, 0.2) is 23.1 Å². The topological polar surface area (TPSA) is 63.7 Å². The molecule has 1 unspecified atom stereocenters. The molecule has 0 aliphatic carbocycles. The lowest BCUT2D eigenvalue weighted by Gasteiger charge is -2.22. The van der Waals surface area contributed by atoms with E-state index in [2.05, 4.69) is 0 Å². The van der Waals surface area contributed by atoms with Crippen LogP contribution in [-0.4, -0.2) is 38.4 Å². The molecule has 0 saturated carbocycles. The van der Waals surface area contributed by atoms with E-state index in [-0.39, 0.29) is 4.90 Å². The average Bonchev–Trinajstić information content (AvgIpc) is 2.86. The summed E-state index contributed by atoms with van der Waals surface area (Å²) in [6.07, 6.45) is 1.18. The molecule has 0 amide bonds. The average molecular weight is 297 g/mol. The zero-order valence-electron chi connectivity index (χ0n) is 11.9. The molecular weight excluding hydrogens is 278 g/mol. The molecule has 1 fully saturated rings. The highest BCUT2D eigenvalue weighted by atomic mass is 32.2. The van der Waals surface area contributed by atoms with Crippen molar-refractivity contribution >= 4 is 16.0 Å². The first-order chi connectivity index (χ1) is 9.36. The summed E-state index contributed by atoms with van der Waals surface area (Å²) in [5.41, 5.74) is 1.77. The summed E-state index contributed by atoms with van der Waals surface area (Å²) >= 11 is 0. The maximum atomic E-state index is 12.7. The molecule has 1 saturated heterocycles. The Hall–Kier alpha value is -1.40. The van der Waals surface area contributed by atoms with Crippen molar-refractivity contribution in [2.75, 3.05) is 13.7 Å². The van der Waals surface area contributed by atoms with Crippen LogP contribution in [0, 0.1) is 13.8 Å². The van der Waals surface area contributed by atoms with E-state index in [1.54, 1.807) is 12.1 Å². The molecule has 6 heteroatoms. The van der Waals surface area contributed by atoms with Gasteiger partial charge < -0.3 is 4.74 Å². The Morgan fingerprint density at radius 3 is 2.40 bits per heavy atom. The zero-order valence-corrected chi connectivity index (χ0v) is 12.7. The van der Waals surface area contributed by atoms with Gasteiger partial charge in [0.15, 0.2) is 0 Å². The van der Waals surface area contributed by atoms with E-state index in [0.717, 1.165) is 11.1 Å². The fraction of sp³-hybridized carbons (Fsp3) is 0.500. The second kappa shape index (κ2) is 5.54. The minimum Gasteiger partial charge on any atom is -0.468 e. The van der Waals surface area contributed by atoms with Crippen molar-refractivity contribution < 1.29 is 17.9 Å². The van der Waals surface area contributed by atoms with Crippen molar-refractivity contribution in [1.29, 1.82) is 0 Å². The number of aryl methyl sites for hydroxylation is 2. The first kappa shape index (κ1) is 15.0. The number of carbonyl (C=O) groups is 1. The van der Waals surface area contributed by atoms with Gasteiger partial charge in [-0.25, -0.2) is 8.42 Å². The molecule has 5 nitrogen and oxygen atoms in total. The van der Waals surface area contributed by atoms with E-state index in [0.29, 0.717) is 19.4 Å². The SMILES string of the molecule is COC(=O)C1CCCN1S(=O)(=O)c1cc(C)cc(C)c1. The van der Waals surface area contributed by atoms with Gasteiger partial charge in [0, 0.05) is 6.54 Å². The van der Waals surface area contributed by atoms with E-state index >= 15 is 0 Å². The van der Waals surface area contributed by atoms with E-state index in [1.807, 2.05) is 19.9 Å². The van der Waals surface area contributed by atoms with Gasteiger partial charge in [-0.1, -0.05) is 6.07 Å². The van der Waals surface area contributed by atoms with Crippen molar-refractivity contribution in [3.63, 3.8) is 0 Å². The Morgan fingerprint density at radius 1 is 1.25 bits per heavy atom. The number of rotatable bonds is 3. The predicted octanol–water partition coefficient (Wildman–Crippen LogP) is 1.63. The maximum absolute atomic E-state index is 12.7. The first-order valence-electron chi connectivity index (χ1n) is 6.54. The molecule has 20 heavy (non-hydrogen) atoms. The Balaban J connectivity index is 2.41. The number of hydrogen-bond donors (Lipinski definition) is 0. The minimum atomic E-state index is -3.66. The minimum absolute atomic E-state index is 0.241. The van der Waals surface area contributed by atoms with Gasteiger partial charge in [0.05, 0.1) is 12.0 Å². The summed E-state index contributed by atoms with van der Waals surface area (Å²) in [6.45, 7) is 4.07. The van der Waals surface area contributed by atoms with Crippen LogP contribution in [0.3, 0.4) is 0 Å². The number of methoxy groups -OCH3 is 1. The molecule has 0 radical (unpaired) electrons. The third-order valence-electron chi connectivity index (χ3n) is 3.48. The molecule has 0 spiro atoms. The zero-order chi connectivity index (χ0) is 14.9. The molecular formula is C14H19NO4S. The van der Waals surface area contributed by atoms with Crippen molar-refractivity contribution in [2.24, 2.45) is 0 Å². The molecule has 1 aliphatic rings. The van der Waals surface area contributed by atoms with Gasteiger partial charge in [0.2, 0.25) is 10.0 Å². The van der Waals surface area contributed by atoms with Crippen LogP contribution in [0.1, 0.15) is 24.0 Å². The second-order valence-corrected chi connectivity index (χ2v) is 7.01. The van der Waals surface area contributed by atoms with Crippen molar-refractivity contribution in [1.82, 2.24) is 4.31 Å². The van der Waals surface area contributed by atoms with Crippen molar-refractivity contribution in [3.05, 3.63) is 29.3 Å². The summed E-state index contributed by atoms with van der Waals surface area (Å²) in [7, 11) is -2.38. The lowest BCUT2D eigenvalue weighted by molar-refractivity contribution is -0.144. The largest absolute Gasteiger partial charge is 0.468 e. The van der Waals surface area contributed by atoms with Crippen molar-refractivity contribution in [2.45, 2.75) is 37.6 Å². The molecule has 1 aromatic rings. The second-order valence-electron chi connectivity index (χ2n) is 5.12. The van der Waals surface area contributed by atoms with Crippen LogP contribution in [0.5, 0.6) is 0 Å². The van der Waals surface area contributed by atoms with Crippen LogP contribution in [-0.2, 0) is 19.6 Å². The third kappa shape index (κ3) is 2.71. The van der Waals surface area contributed by atoms with E-state index < -0.39 is 22.0 Å². The number of carbonyl (C=O) groups excluding carboxylic acids is 1. The predicted molar refractivity (Wildman–Crippen MR) is 74.8 cm³/mol. The van der Waals surface area contributed by atoms with Gasteiger partial charge in [-0.3, -0.25) is 4.79 Å². The molecule has 0 bridgehead atoms. The van der Waals surface area contributed by atoms with Crippen molar-refractivity contribution in [3.8, 4) is 0 Å². The smallest absolute Gasteiger partial charge is 0.324 e. The van der Waals surface area contributed by atoms with Crippen LogP contribution in [0.25, 0.3) is 0 Å². The summed E-state index contributed by atoms with van der Waals surface area (Å²) in [6, 6.07) is 4.48. The van der Waals surface area contributed by atoms with Crippen LogP contribution in [0.2, 0.25) is 0 Å². The van der Waals surface area contributed by atoms with Gasteiger partial charge in [0.25, 0.3) is 0 Å². The fourth-order valence-electron chi connectivity index (χ4n) is 2.62. The first-order valence-corrected chi connectivity index (χ1v) is 7.98. The molecule has 1 atom stereocenters. The number of sulfonamides is 1. The number of hydrogen-bond acceptors (Lipinski definition) is 4. The standard InChI is InChI=1S/C14H19NO4S/c1-10-7-11(2)9-12(8-10)20(17,18)15-6-4-5-13(15)14(16)19-3/h7-9,13H,4-6H2,1-3H3. The van der Waals surface area contributed by atoms with Gasteiger partial charge in [-0.15, -0.1) is 0 Å². The Morgan fingerprint density at radius 2 is 1.85 bits per heavy atom. The van der Waals surface area contributed by atoms with E-state index in [1.165, 1.54) is 11.4 Å². The highest BCUT2D eigenvalue weighted by molar-refractivity contribution is 7.89. The Bertz CT molecular complexity index is 604. The normalized spacial score (nSPS) is 20.1. The lowest BCUT2D eigenvalue weighted by Crippen LogP contribution is -2.41. The number of esters is 1. The maximum Gasteiger partial charge on any atom is 0.324 e.